The van der Waals surface area contributed by atoms with Gasteiger partial charge in [0.15, 0.2) is 0 Å². The Hall–Kier alpha value is -3.32. The molecule has 1 aliphatic heterocycles. The number of carbonyl (C=O) groups excluding carboxylic acids is 1. The second kappa shape index (κ2) is 10.5. The summed E-state index contributed by atoms with van der Waals surface area (Å²) in [5, 5.41) is 2.92. The molecule has 3 aromatic rings. The predicted molar refractivity (Wildman–Crippen MR) is 142 cm³/mol. The van der Waals surface area contributed by atoms with Crippen LogP contribution in [0.1, 0.15) is 28.7 Å². The van der Waals surface area contributed by atoms with E-state index in [9.17, 15) is 13.2 Å². The van der Waals surface area contributed by atoms with E-state index in [4.69, 9.17) is 0 Å². The van der Waals surface area contributed by atoms with Crippen molar-refractivity contribution in [2.75, 3.05) is 35.4 Å². The normalized spacial score (nSPS) is 12.9. The van der Waals surface area contributed by atoms with Gasteiger partial charge in [-0.3, -0.25) is 9.10 Å². The third-order valence-corrected chi connectivity index (χ3v) is 8.09. The van der Waals surface area contributed by atoms with Crippen LogP contribution in [0, 0.1) is 20.8 Å². The molecule has 0 bridgehead atoms. The summed E-state index contributed by atoms with van der Waals surface area (Å²) in [5.41, 5.74) is 5.98. The standard InChI is InChI=1S/C28H33N3O3S/c1-21-9-11-26(12-10-21)35(33,34)31(25-18-22(2)17-23(3)19-25)20-28(32)29-14-6-15-30-16-13-24-7-4-5-8-27(24)30/h4-5,7-12,17-19H,6,13-16,20H2,1-3H3,(H,29,32). The monoisotopic (exact) mass is 491 g/mol. The molecule has 0 radical (unpaired) electrons. The Labute approximate surface area is 208 Å². The van der Waals surface area contributed by atoms with E-state index in [2.05, 4.69) is 34.5 Å². The summed E-state index contributed by atoms with van der Waals surface area (Å²) in [7, 11) is -3.91. The molecule has 1 amide bonds. The molecule has 0 saturated carbocycles. The number of hydrogen-bond donors (Lipinski definition) is 1. The zero-order valence-electron chi connectivity index (χ0n) is 20.6. The molecular weight excluding hydrogens is 458 g/mol. The van der Waals surface area contributed by atoms with Gasteiger partial charge >= 0.3 is 0 Å². The van der Waals surface area contributed by atoms with Crippen LogP contribution in [-0.4, -0.2) is 40.5 Å². The molecule has 35 heavy (non-hydrogen) atoms. The van der Waals surface area contributed by atoms with Crippen molar-refractivity contribution in [3.63, 3.8) is 0 Å². The molecule has 1 N–H and O–H groups in total. The minimum Gasteiger partial charge on any atom is -0.371 e. The van der Waals surface area contributed by atoms with Crippen LogP contribution >= 0.6 is 0 Å². The van der Waals surface area contributed by atoms with Crippen molar-refractivity contribution in [3.05, 3.63) is 89.0 Å². The molecule has 0 aromatic heterocycles. The fourth-order valence-corrected chi connectivity index (χ4v) is 5.97. The number of rotatable bonds is 9. The van der Waals surface area contributed by atoms with E-state index in [-0.39, 0.29) is 17.3 Å². The Morgan fingerprint density at radius 2 is 1.63 bits per heavy atom. The van der Waals surface area contributed by atoms with E-state index >= 15 is 0 Å². The van der Waals surface area contributed by atoms with Gasteiger partial charge in [-0.25, -0.2) is 8.42 Å². The molecule has 0 atom stereocenters. The molecule has 184 valence electrons. The van der Waals surface area contributed by atoms with Gasteiger partial charge in [0, 0.05) is 25.3 Å². The number of nitrogens with one attached hydrogen (secondary N) is 1. The van der Waals surface area contributed by atoms with Crippen LogP contribution in [0.3, 0.4) is 0 Å². The fraction of sp³-hybridized carbons (Fsp3) is 0.321. The van der Waals surface area contributed by atoms with Crippen LogP contribution in [0.4, 0.5) is 11.4 Å². The maximum atomic E-state index is 13.6. The summed E-state index contributed by atoms with van der Waals surface area (Å²) >= 11 is 0. The van der Waals surface area contributed by atoms with Crippen LogP contribution < -0.4 is 14.5 Å². The number of sulfonamides is 1. The van der Waals surface area contributed by atoms with Gasteiger partial charge in [0.25, 0.3) is 10.0 Å². The minimum atomic E-state index is -3.91. The van der Waals surface area contributed by atoms with Crippen molar-refractivity contribution in [2.45, 2.75) is 38.5 Å². The van der Waals surface area contributed by atoms with Crippen LogP contribution in [0.2, 0.25) is 0 Å². The molecule has 0 saturated heterocycles. The van der Waals surface area contributed by atoms with E-state index in [1.54, 1.807) is 36.4 Å². The first-order valence-electron chi connectivity index (χ1n) is 12.0. The lowest BCUT2D eigenvalue weighted by Crippen LogP contribution is -2.41. The van der Waals surface area contributed by atoms with Crippen molar-refractivity contribution in [3.8, 4) is 0 Å². The minimum absolute atomic E-state index is 0.169. The van der Waals surface area contributed by atoms with Crippen molar-refractivity contribution < 1.29 is 13.2 Å². The topological polar surface area (TPSA) is 69.7 Å². The SMILES string of the molecule is Cc1ccc(S(=O)(=O)N(CC(=O)NCCCN2CCc3ccccc32)c2cc(C)cc(C)c2)cc1. The Bertz CT molecular complexity index is 1280. The summed E-state index contributed by atoms with van der Waals surface area (Å²) < 4.78 is 28.3. The molecule has 0 spiro atoms. The second-order valence-electron chi connectivity index (χ2n) is 9.24. The Morgan fingerprint density at radius 1 is 0.943 bits per heavy atom. The van der Waals surface area contributed by atoms with E-state index < -0.39 is 10.0 Å². The number of para-hydroxylation sites is 1. The van der Waals surface area contributed by atoms with Crippen molar-refractivity contribution in [1.82, 2.24) is 5.32 Å². The highest BCUT2D eigenvalue weighted by Gasteiger charge is 2.27. The predicted octanol–water partition coefficient (Wildman–Crippen LogP) is 4.38. The molecule has 0 aliphatic carbocycles. The lowest BCUT2D eigenvalue weighted by atomic mass is 10.1. The maximum Gasteiger partial charge on any atom is 0.264 e. The first kappa shape index (κ1) is 24.8. The largest absolute Gasteiger partial charge is 0.371 e. The van der Waals surface area contributed by atoms with Crippen molar-refractivity contribution in [1.29, 1.82) is 0 Å². The number of nitrogens with zero attached hydrogens (tertiary/aromatic N) is 2. The molecule has 6 nitrogen and oxygen atoms in total. The summed E-state index contributed by atoms with van der Waals surface area (Å²) in [6, 6.07) is 20.7. The number of hydrogen-bond acceptors (Lipinski definition) is 4. The number of anilines is 2. The van der Waals surface area contributed by atoms with Gasteiger partial charge in [-0.2, -0.15) is 0 Å². The summed E-state index contributed by atoms with van der Waals surface area (Å²) in [6.45, 7) is 7.80. The van der Waals surface area contributed by atoms with Gasteiger partial charge in [-0.1, -0.05) is 42.0 Å². The lowest BCUT2D eigenvalue weighted by molar-refractivity contribution is -0.119. The average Bonchev–Trinajstić information content (AvgIpc) is 3.23. The van der Waals surface area contributed by atoms with Crippen molar-refractivity contribution >= 4 is 27.3 Å². The quantitative estimate of drug-likeness (QED) is 0.451. The molecule has 1 heterocycles. The van der Waals surface area contributed by atoms with E-state index in [1.807, 2.05) is 26.8 Å². The Morgan fingerprint density at radius 3 is 2.34 bits per heavy atom. The summed E-state index contributed by atoms with van der Waals surface area (Å²) in [4.78, 5) is 15.4. The molecule has 3 aromatic carbocycles. The summed E-state index contributed by atoms with van der Waals surface area (Å²) in [6.07, 6.45) is 1.83. The van der Waals surface area contributed by atoms with Gasteiger partial charge in [0.1, 0.15) is 6.54 Å². The number of amides is 1. The molecule has 4 rings (SSSR count). The first-order valence-corrected chi connectivity index (χ1v) is 13.5. The molecule has 0 fully saturated rings. The number of fused-ring (bicyclic) bond motifs is 1. The average molecular weight is 492 g/mol. The van der Waals surface area contributed by atoms with Crippen molar-refractivity contribution in [2.24, 2.45) is 0 Å². The van der Waals surface area contributed by atoms with E-state index in [1.165, 1.54) is 15.6 Å². The lowest BCUT2D eigenvalue weighted by Gasteiger charge is -2.25. The van der Waals surface area contributed by atoms with Gasteiger partial charge in [-0.05, 0) is 80.6 Å². The number of aryl methyl sites for hydroxylation is 3. The fourth-order valence-electron chi connectivity index (χ4n) is 4.57. The Kier molecular flexibility index (Phi) is 7.45. The number of carbonyl (C=O) groups is 1. The van der Waals surface area contributed by atoms with Gasteiger partial charge < -0.3 is 10.2 Å². The van der Waals surface area contributed by atoms with Crippen LogP contribution in [0.5, 0.6) is 0 Å². The number of benzene rings is 3. The first-order chi connectivity index (χ1) is 16.7. The highest BCUT2D eigenvalue weighted by atomic mass is 32.2. The van der Waals surface area contributed by atoms with Gasteiger partial charge in [0.2, 0.25) is 5.91 Å². The van der Waals surface area contributed by atoms with Crippen LogP contribution in [0.15, 0.2) is 71.6 Å². The zero-order valence-corrected chi connectivity index (χ0v) is 21.4. The van der Waals surface area contributed by atoms with Crippen LogP contribution in [0.25, 0.3) is 0 Å². The molecular formula is C28H33N3O3S. The van der Waals surface area contributed by atoms with Gasteiger partial charge in [-0.15, -0.1) is 0 Å². The second-order valence-corrected chi connectivity index (χ2v) is 11.1. The maximum absolute atomic E-state index is 13.6. The molecule has 0 unspecified atom stereocenters. The van der Waals surface area contributed by atoms with Crippen LogP contribution in [-0.2, 0) is 21.2 Å². The highest BCUT2D eigenvalue weighted by molar-refractivity contribution is 7.92. The molecule has 7 heteroatoms. The van der Waals surface area contributed by atoms with Gasteiger partial charge in [0.05, 0.1) is 10.6 Å². The van der Waals surface area contributed by atoms with E-state index in [0.717, 1.165) is 42.6 Å². The zero-order chi connectivity index (χ0) is 25.0. The third kappa shape index (κ3) is 5.85. The Balaban J connectivity index is 1.44. The third-order valence-electron chi connectivity index (χ3n) is 6.30. The summed E-state index contributed by atoms with van der Waals surface area (Å²) in [5.74, 6) is -0.318. The smallest absolute Gasteiger partial charge is 0.264 e. The highest BCUT2D eigenvalue weighted by Crippen LogP contribution is 2.28. The molecule has 1 aliphatic rings. The van der Waals surface area contributed by atoms with E-state index in [0.29, 0.717) is 12.2 Å².